The number of H-pyrrole nitrogens is 1. The molecule has 0 aliphatic heterocycles. The van der Waals surface area contributed by atoms with Crippen LogP contribution in [0, 0.1) is 24.5 Å². The van der Waals surface area contributed by atoms with E-state index in [2.05, 4.69) is 57.1 Å². The van der Waals surface area contributed by atoms with Crippen LogP contribution in [0.2, 0.25) is 0 Å². The monoisotopic (exact) mass is 492 g/mol. The van der Waals surface area contributed by atoms with Gasteiger partial charge in [0.05, 0.1) is 22.6 Å². The number of nitrogens with one attached hydrogen (secondary N) is 1. The number of aromatic amines is 1. The van der Waals surface area contributed by atoms with Crippen molar-refractivity contribution in [3.05, 3.63) is 76.9 Å². The summed E-state index contributed by atoms with van der Waals surface area (Å²) < 4.78 is 28.4. The highest BCUT2D eigenvalue weighted by atomic mass is 19.1. The molecule has 0 aliphatic carbocycles. The predicted molar refractivity (Wildman–Crippen MR) is 136 cm³/mol. The molecule has 0 amide bonds. The van der Waals surface area contributed by atoms with Crippen molar-refractivity contribution >= 4 is 0 Å². The number of nitrogens with zero attached hydrogens (tertiary/aromatic N) is 5. The van der Waals surface area contributed by atoms with Crippen LogP contribution in [0.25, 0.3) is 22.8 Å². The van der Waals surface area contributed by atoms with Crippen molar-refractivity contribution in [2.24, 2.45) is 0 Å². The van der Waals surface area contributed by atoms with Gasteiger partial charge >= 0.3 is 0 Å². The van der Waals surface area contributed by atoms with E-state index in [9.17, 15) is 8.78 Å². The normalized spacial score (nSPS) is 11.0. The molecule has 4 rings (SSSR count). The summed E-state index contributed by atoms with van der Waals surface area (Å²) in [6.45, 7) is 7.89. The van der Waals surface area contributed by atoms with Gasteiger partial charge in [-0.15, -0.1) is 12.8 Å². The van der Waals surface area contributed by atoms with Gasteiger partial charge in [0, 0.05) is 5.92 Å². The minimum atomic E-state index is -0.680. The molecule has 3 aromatic heterocycles. The molecule has 7 nitrogen and oxygen atoms in total. The minimum absolute atomic E-state index is 0.155. The Morgan fingerprint density at radius 2 is 1.58 bits per heavy atom. The van der Waals surface area contributed by atoms with E-state index < -0.39 is 11.6 Å². The smallest absolute Gasteiger partial charge is 0.199 e. The fourth-order valence-corrected chi connectivity index (χ4v) is 3.39. The number of aliphatic hydroxyl groups is 1. The molecular weight excluding hydrogens is 462 g/mol. The number of aryl methyl sites for hydroxylation is 1. The molecule has 0 bridgehead atoms. The number of hydrogen-bond acceptors (Lipinski definition) is 6. The molecule has 0 saturated heterocycles. The first-order valence-corrected chi connectivity index (χ1v) is 11.6. The van der Waals surface area contributed by atoms with Crippen LogP contribution in [0.1, 0.15) is 62.8 Å². The Hall–Kier alpha value is -4.03. The third-order valence-corrected chi connectivity index (χ3v) is 5.04. The quantitative estimate of drug-likeness (QED) is 0.346. The van der Waals surface area contributed by atoms with Crippen molar-refractivity contribution < 1.29 is 13.9 Å². The lowest BCUT2D eigenvalue weighted by atomic mass is 9.96. The second kappa shape index (κ2) is 13.8. The Kier molecular flexibility index (Phi) is 10.8. The van der Waals surface area contributed by atoms with E-state index in [4.69, 9.17) is 5.11 Å². The van der Waals surface area contributed by atoms with Crippen LogP contribution in [-0.2, 0) is 13.0 Å². The molecule has 0 fully saturated rings. The molecular formula is C27H30F2N6O. The Labute approximate surface area is 210 Å². The van der Waals surface area contributed by atoms with Crippen LogP contribution < -0.4 is 0 Å². The molecule has 188 valence electrons. The topological polar surface area (TPSA) is 100 Å². The van der Waals surface area contributed by atoms with Crippen LogP contribution in [0.5, 0.6) is 0 Å². The van der Waals surface area contributed by atoms with Gasteiger partial charge in [-0.25, -0.2) is 18.7 Å². The lowest BCUT2D eigenvalue weighted by molar-refractivity contribution is 0.272. The number of aromatic nitrogens is 6. The minimum Gasteiger partial charge on any atom is -0.388 e. The molecule has 1 aromatic carbocycles. The van der Waals surface area contributed by atoms with Crippen molar-refractivity contribution in [2.45, 2.75) is 53.1 Å². The van der Waals surface area contributed by atoms with Gasteiger partial charge in [-0.05, 0) is 42.3 Å². The number of pyridine rings is 1. The third kappa shape index (κ3) is 6.55. The number of aliphatic hydroxyl groups excluding tert-OH is 1. The average Bonchev–Trinajstić information content (AvgIpc) is 3.39. The molecule has 1 atom stereocenters. The van der Waals surface area contributed by atoms with Crippen LogP contribution in [0.3, 0.4) is 0 Å². The molecule has 3 heterocycles. The Morgan fingerprint density at radius 3 is 2.17 bits per heavy atom. The summed E-state index contributed by atoms with van der Waals surface area (Å²) >= 11 is 0. The molecule has 4 aromatic rings. The second-order valence-electron chi connectivity index (χ2n) is 7.73. The molecule has 0 radical (unpaired) electrons. The fraction of sp³-hybridized carbons (Fsp3) is 0.296. The molecule has 36 heavy (non-hydrogen) atoms. The van der Waals surface area contributed by atoms with Crippen LogP contribution >= 0.6 is 0 Å². The highest BCUT2D eigenvalue weighted by molar-refractivity contribution is 5.61. The van der Waals surface area contributed by atoms with Gasteiger partial charge in [-0.2, -0.15) is 15.3 Å². The molecule has 9 heteroatoms. The maximum absolute atomic E-state index is 14.2. The van der Waals surface area contributed by atoms with E-state index in [1.807, 2.05) is 26.0 Å². The summed E-state index contributed by atoms with van der Waals surface area (Å²) in [6.07, 6.45) is 9.86. The SMILES string of the molecule is C#C.CCC.CCc1cc(-c2c(F)cccc2F)nnc1C(C)c1cccc(-c2n[nH]c(CO)n2)n1. The second-order valence-corrected chi connectivity index (χ2v) is 7.73. The summed E-state index contributed by atoms with van der Waals surface area (Å²) in [5.41, 5.74) is 2.75. The van der Waals surface area contributed by atoms with Gasteiger partial charge in [0.1, 0.15) is 23.9 Å². The summed E-state index contributed by atoms with van der Waals surface area (Å²) in [7, 11) is 0. The number of halogens is 2. The highest BCUT2D eigenvalue weighted by Gasteiger charge is 2.20. The van der Waals surface area contributed by atoms with E-state index in [-0.39, 0.29) is 23.8 Å². The van der Waals surface area contributed by atoms with Gasteiger partial charge in [0.2, 0.25) is 0 Å². The first-order chi connectivity index (χ1) is 17.4. The van der Waals surface area contributed by atoms with Crippen molar-refractivity contribution in [1.82, 2.24) is 30.4 Å². The van der Waals surface area contributed by atoms with Crippen molar-refractivity contribution in [2.75, 3.05) is 0 Å². The Morgan fingerprint density at radius 1 is 0.944 bits per heavy atom. The van der Waals surface area contributed by atoms with Crippen LogP contribution in [0.15, 0.2) is 42.5 Å². The van der Waals surface area contributed by atoms with E-state index in [1.54, 1.807) is 12.1 Å². The van der Waals surface area contributed by atoms with Gasteiger partial charge in [-0.1, -0.05) is 46.2 Å². The first kappa shape index (κ1) is 28.2. The van der Waals surface area contributed by atoms with E-state index >= 15 is 0 Å². The third-order valence-electron chi connectivity index (χ3n) is 5.04. The summed E-state index contributed by atoms with van der Waals surface area (Å²) in [4.78, 5) is 8.83. The number of rotatable bonds is 6. The maximum Gasteiger partial charge on any atom is 0.199 e. The van der Waals surface area contributed by atoms with Crippen LogP contribution in [0.4, 0.5) is 8.78 Å². The van der Waals surface area contributed by atoms with Crippen molar-refractivity contribution in [3.8, 4) is 35.6 Å². The average molecular weight is 493 g/mol. The van der Waals surface area contributed by atoms with Crippen molar-refractivity contribution in [3.63, 3.8) is 0 Å². The number of hydrogen-bond donors (Lipinski definition) is 2. The number of terminal acetylenes is 1. The molecule has 0 aliphatic rings. The largest absolute Gasteiger partial charge is 0.388 e. The summed E-state index contributed by atoms with van der Waals surface area (Å²) in [5, 5.41) is 24.3. The molecule has 0 spiro atoms. The van der Waals surface area contributed by atoms with Crippen LogP contribution in [-0.4, -0.2) is 35.5 Å². The zero-order valence-corrected chi connectivity index (χ0v) is 20.8. The highest BCUT2D eigenvalue weighted by Crippen LogP contribution is 2.30. The predicted octanol–water partition coefficient (Wildman–Crippen LogP) is 5.47. The van der Waals surface area contributed by atoms with Gasteiger partial charge < -0.3 is 5.11 Å². The molecule has 0 saturated carbocycles. The fourth-order valence-electron chi connectivity index (χ4n) is 3.39. The van der Waals surface area contributed by atoms with Gasteiger partial charge in [0.15, 0.2) is 11.6 Å². The van der Waals surface area contributed by atoms with Gasteiger partial charge in [-0.3, -0.25) is 5.10 Å². The van der Waals surface area contributed by atoms with E-state index in [1.165, 1.54) is 24.6 Å². The van der Waals surface area contributed by atoms with Gasteiger partial charge in [0.25, 0.3) is 0 Å². The lowest BCUT2D eigenvalue weighted by Gasteiger charge is -2.15. The van der Waals surface area contributed by atoms with E-state index in [0.29, 0.717) is 29.5 Å². The van der Waals surface area contributed by atoms with Crippen molar-refractivity contribution in [1.29, 1.82) is 0 Å². The zero-order chi connectivity index (χ0) is 26.7. The summed E-state index contributed by atoms with van der Waals surface area (Å²) in [5.74, 6) is -0.852. The number of benzene rings is 1. The Balaban J connectivity index is 0.000000850. The molecule has 2 N–H and O–H groups in total. The summed E-state index contributed by atoms with van der Waals surface area (Å²) in [6, 6.07) is 10.9. The zero-order valence-electron chi connectivity index (χ0n) is 20.8. The first-order valence-electron chi connectivity index (χ1n) is 11.6. The maximum atomic E-state index is 14.2. The lowest BCUT2D eigenvalue weighted by Crippen LogP contribution is -2.09. The standard InChI is InChI=1S/C22H20F2N6O.C3H8.C2H2/c1-3-13-10-18(20-14(23)6-4-7-15(20)24)27-29-21(13)12(2)16-8-5-9-17(25-16)22-26-19(11-31)28-30-22;1-3-2;1-2/h4-10,12,31H,3,11H2,1-2H3,(H,26,28,30);3H2,1-2H3;1-2H. The molecule has 1 unspecified atom stereocenters. The Bertz CT molecular complexity index is 1270. The van der Waals surface area contributed by atoms with E-state index in [0.717, 1.165) is 11.3 Å².